The summed E-state index contributed by atoms with van der Waals surface area (Å²) in [4.78, 5) is 16.4. The molecule has 0 bridgehead atoms. The zero-order chi connectivity index (χ0) is 16.4. The van der Waals surface area contributed by atoms with Gasteiger partial charge in [-0.3, -0.25) is 4.79 Å². The van der Waals surface area contributed by atoms with E-state index < -0.39 is 0 Å². The van der Waals surface area contributed by atoms with Crippen molar-refractivity contribution >= 4 is 11.7 Å². The normalized spacial score (nSPS) is 16.7. The maximum absolute atomic E-state index is 12.1. The van der Waals surface area contributed by atoms with Crippen LogP contribution in [0.15, 0.2) is 41.9 Å². The first kappa shape index (κ1) is 15.3. The zero-order valence-electron chi connectivity index (χ0n) is 13.5. The number of ketones is 1. The summed E-state index contributed by atoms with van der Waals surface area (Å²) < 4.78 is 7.36. The molecule has 23 heavy (non-hydrogen) atoms. The Morgan fingerprint density at radius 1 is 1.35 bits per heavy atom. The van der Waals surface area contributed by atoms with Gasteiger partial charge in [-0.2, -0.15) is 10.1 Å². The van der Waals surface area contributed by atoms with E-state index in [4.69, 9.17) is 4.74 Å². The Balaban J connectivity index is 2.00. The average molecular weight is 312 g/mol. The number of fused-ring (bicyclic) bond motifs is 1. The number of hydrogen-bond acceptors (Lipinski definition) is 5. The largest absolute Gasteiger partial charge is 0.494 e. The van der Waals surface area contributed by atoms with Crippen molar-refractivity contribution in [1.82, 2.24) is 14.8 Å². The van der Waals surface area contributed by atoms with E-state index in [1.807, 2.05) is 31.2 Å². The molecule has 6 nitrogen and oxygen atoms in total. The van der Waals surface area contributed by atoms with Gasteiger partial charge in [-0.15, -0.1) is 0 Å². The fourth-order valence-corrected chi connectivity index (χ4v) is 2.82. The molecule has 1 N–H and O–H groups in total. The fraction of sp³-hybridized carbons (Fsp3) is 0.353. The highest BCUT2D eigenvalue weighted by molar-refractivity contribution is 5.96. The number of aromatic nitrogens is 3. The van der Waals surface area contributed by atoms with E-state index in [-0.39, 0.29) is 11.8 Å². The van der Waals surface area contributed by atoms with E-state index in [0.717, 1.165) is 23.4 Å². The van der Waals surface area contributed by atoms with Gasteiger partial charge in [0.25, 0.3) is 0 Å². The van der Waals surface area contributed by atoms with Crippen molar-refractivity contribution in [1.29, 1.82) is 0 Å². The lowest BCUT2D eigenvalue weighted by Crippen LogP contribution is -2.27. The van der Waals surface area contributed by atoms with Crippen LogP contribution >= 0.6 is 0 Å². The lowest BCUT2D eigenvalue weighted by Gasteiger charge is -2.28. The van der Waals surface area contributed by atoms with Crippen molar-refractivity contribution in [3.05, 3.63) is 47.4 Å². The van der Waals surface area contributed by atoms with Crippen molar-refractivity contribution in [3.8, 4) is 5.75 Å². The van der Waals surface area contributed by atoms with Gasteiger partial charge in [0.1, 0.15) is 18.1 Å². The number of ether oxygens (including phenoxy) is 1. The van der Waals surface area contributed by atoms with Crippen molar-refractivity contribution < 1.29 is 9.53 Å². The van der Waals surface area contributed by atoms with Gasteiger partial charge in [0.2, 0.25) is 5.95 Å². The third kappa shape index (κ3) is 2.84. The van der Waals surface area contributed by atoms with Crippen LogP contribution in [-0.4, -0.2) is 27.2 Å². The van der Waals surface area contributed by atoms with Crippen LogP contribution in [0.2, 0.25) is 0 Å². The second kappa shape index (κ2) is 6.24. The monoisotopic (exact) mass is 312 g/mol. The van der Waals surface area contributed by atoms with Crippen LogP contribution in [0.3, 0.4) is 0 Å². The van der Waals surface area contributed by atoms with Crippen LogP contribution < -0.4 is 10.1 Å². The summed E-state index contributed by atoms with van der Waals surface area (Å²) in [7, 11) is 0. The predicted molar refractivity (Wildman–Crippen MR) is 87.4 cm³/mol. The standard InChI is InChI=1S/C17H20N4O2/c1-4-9-23-14-7-5-13(6-8-14)16-15(12(3)22)11(2)20-17-18-10-19-21(16)17/h5-8,10,16H,4,9H2,1-3H3,(H,18,19,20)/t16-/m1/s1. The van der Waals surface area contributed by atoms with Crippen molar-refractivity contribution in [2.75, 3.05) is 11.9 Å². The van der Waals surface area contributed by atoms with E-state index in [2.05, 4.69) is 22.3 Å². The molecule has 1 aliphatic heterocycles. The van der Waals surface area contributed by atoms with Crippen LogP contribution in [0.4, 0.5) is 5.95 Å². The zero-order valence-corrected chi connectivity index (χ0v) is 13.5. The van der Waals surface area contributed by atoms with Gasteiger partial charge in [0, 0.05) is 11.3 Å². The predicted octanol–water partition coefficient (Wildman–Crippen LogP) is 2.94. The molecule has 0 fully saturated rings. The van der Waals surface area contributed by atoms with Gasteiger partial charge in [-0.25, -0.2) is 4.68 Å². The van der Waals surface area contributed by atoms with E-state index >= 15 is 0 Å². The Kier molecular flexibility index (Phi) is 4.14. The summed E-state index contributed by atoms with van der Waals surface area (Å²) in [6.45, 7) is 6.23. The number of hydrogen-bond donors (Lipinski definition) is 1. The van der Waals surface area contributed by atoms with Crippen molar-refractivity contribution in [2.45, 2.75) is 33.2 Å². The number of nitrogens with zero attached hydrogens (tertiary/aromatic N) is 3. The lowest BCUT2D eigenvalue weighted by molar-refractivity contribution is -0.114. The molecule has 1 aromatic heterocycles. The Morgan fingerprint density at radius 2 is 2.09 bits per heavy atom. The maximum atomic E-state index is 12.1. The first-order chi connectivity index (χ1) is 11.1. The molecule has 0 amide bonds. The van der Waals surface area contributed by atoms with Crippen LogP contribution in [-0.2, 0) is 4.79 Å². The second-order valence-electron chi connectivity index (χ2n) is 5.57. The maximum Gasteiger partial charge on any atom is 0.226 e. The number of benzene rings is 1. The molecule has 6 heteroatoms. The summed E-state index contributed by atoms with van der Waals surface area (Å²) in [5, 5.41) is 7.41. The number of nitrogens with one attached hydrogen (secondary N) is 1. The van der Waals surface area contributed by atoms with Gasteiger partial charge in [0.15, 0.2) is 5.78 Å². The molecule has 0 unspecified atom stereocenters. The van der Waals surface area contributed by atoms with Crippen LogP contribution in [0.5, 0.6) is 5.75 Å². The molecule has 2 aromatic rings. The van der Waals surface area contributed by atoms with Gasteiger partial charge in [0.05, 0.1) is 6.61 Å². The summed E-state index contributed by atoms with van der Waals surface area (Å²) in [5.41, 5.74) is 2.49. The molecule has 1 aliphatic rings. The van der Waals surface area contributed by atoms with Crippen LogP contribution in [0, 0.1) is 0 Å². The Hall–Kier alpha value is -2.63. The number of carbonyl (C=O) groups is 1. The average Bonchev–Trinajstić information content (AvgIpc) is 2.99. The molecule has 0 radical (unpaired) electrons. The molecule has 0 saturated carbocycles. The highest BCUT2D eigenvalue weighted by Crippen LogP contribution is 2.35. The van der Waals surface area contributed by atoms with Crippen LogP contribution in [0.25, 0.3) is 0 Å². The van der Waals surface area contributed by atoms with Gasteiger partial charge >= 0.3 is 0 Å². The molecular formula is C17H20N4O2. The number of carbonyl (C=O) groups excluding carboxylic acids is 1. The SMILES string of the molecule is CCCOc1ccc([C@@H]2C(C(C)=O)=C(C)Nc3ncnn32)cc1. The van der Waals surface area contributed by atoms with Crippen LogP contribution in [0.1, 0.15) is 38.8 Å². The quantitative estimate of drug-likeness (QED) is 0.919. The highest BCUT2D eigenvalue weighted by atomic mass is 16.5. The molecule has 1 aromatic carbocycles. The summed E-state index contributed by atoms with van der Waals surface area (Å²) in [6.07, 6.45) is 2.46. The lowest BCUT2D eigenvalue weighted by atomic mass is 9.93. The van der Waals surface area contributed by atoms with Crippen molar-refractivity contribution in [3.63, 3.8) is 0 Å². The van der Waals surface area contributed by atoms with E-state index in [0.29, 0.717) is 18.1 Å². The molecule has 1 atom stereocenters. The molecule has 2 heterocycles. The highest BCUT2D eigenvalue weighted by Gasteiger charge is 2.31. The molecule has 0 aliphatic carbocycles. The molecule has 3 rings (SSSR count). The summed E-state index contributed by atoms with van der Waals surface area (Å²) >= 11 is 0. The topological polar surface area (TPSA) is 69.0 Å². The van der Waals surface area contributed by atoms with E-state index in [9.17, 15) is 4.79 Å². The molecule has 0 saturated heterocycles. The Labute approximate surface area is 135 Å². The third-order valence-electron chi connectivity index (χ3n) is 3.84. The van der Waals surface area contributed by atoms with Gasteiger partial charge in [-0.1, -0.05) is 19.1 Å². The van der Waals surface area contributed by atoms with E-state index in [1.54, 1.807) is 11.6 Å². The van der Waals surface area contributed by atoms with Gasteiger partial charge in [-0.05, 0) is 38.0 Å². The number of anilines is 1. The van der Waals surface area contributed by atoms with Crippen molar-refractivity contribution in [2.24, 2.45) is 0 Å². The first-order valence-corrected chi connectivity index (χ1v) is 7.72. The Morgan fingerprint density at radius 3 is 2.74 bits per heavy atom. The fourth-order valence-electron chi connectivity index (χ4n) is 2.82. The summed E-state index contributed by atoms with van der Waals surface area (Å²) in [5.74, 6) is 1.49. The second-order valence-corrected chi connectivity index (χ2v) is 5.57. The molecule has 120 valence electrons. The molecular weight excluding hydrogens is 292 g/mol. The minimum Gasteiger partial charge on any atom is -0.494 e. The minimum atomic E-state index is -0.272. The number of rotatable bonds is 5. The van der Waals surface area contributed by atoms with E-state index in [1.165, 1.54) is 6.33 Å². The summed E-state index contributed by atoms with van der Waals surface area (Å²) in [6, 6.07) is 7.53. The smallest absolute Gasteiger partial charge is 0.226 e. The minimum absolute atomic E-state index is 0.0208. The Bertz CT molecular complexity index is 746. The number of Topliss-reactive ketones (excluding diaryl/α,β-unsaturated/α-hetero) is 1. The third-order valence-corrected chi connectivity index (χ3v) is 3.84. The first-order valence-electron chi connectivity index (χ1n) is 7.72. The molecule has 0 spiro atoms. The number of allylic oxidation sites excluding steroid dienone is 2. The van der Waals surface area contributed by atoms with Gasteiger partial charge < -0.3 is 10.1 Å².